The molecule has 0 aliphatic heterocycles. The van der Waals surface area contributed by atoms with E-state index in [1.807, 2.05) is 13.0 Å². The van der Waals surface area contributed by atoms with Gasteiger partial charge >= 0.3 is 5.97 Å². The van der Waals surface area contributed by atoms with Crippen molar-refractivity contribution < 1.29 is 8.98 Å². The Balaban J connectivity index is 3.40. The van der Waals surface area contributed by atoms with Gasteiger partial charge < -0.3 is 4.18 Å². The predicted octanol–water partition coefficient (Wildman–Crippen LogP) is 5.67. The molecular weight excluding hydrogens is 256 g/mol. The summed E-state index contributed by atoms with van der Waals surface area (Å²) >= 11 is 1.37. The first-order valence-electron chi connectivity index (χ1n) is 7.71. The number of hydrogen-bond donors (Lipinski definition) is 0. The van der Waals surface area contributed by atoms with Crippen molar-refractivity contribution in [3.63, 3.8) is 0 Å². The van der Waals surface area contributed by atoms with Crippen molar-refractivity contribution in [3.8, 4) is 0 Å². The number of carbonyl (C=O) groups excluding carboxylic acids is 1. The smallest absolute Gasteiger partial charge is 0.317 e. The Morgan fingerprint density at radius 1 is 1.16 bits per heavy atom. The Bertz CT molecular complexity index is 229. The highest BCUT2D eigenvalue weighted by molar-refractivity contribution is 7.95. The van der Waals surface area contributed by atoms with Gasteiger partial charge in [0, 0.05) is 11.7 Å². The molecule has 2 nitrogen and oxygen atoms in total. The molecule has 112 valence electrons. The van der Waals surface area contributed by atoms with Gasteiger partial charge in [-0.25, -0.2) is 0 Å². The number of unbranched alkanes of at least 4 members (excludes halogenated alkanes) is 6. The molecule has 0 aliphatic carbocycles. The van der Waals surface area contributed by atoms with Crippen LogP contribution in [0.4, 0.5) is 0 Å². The second-order valence-corrected chi connectivity index (χ2v) is 5.95. The average molecular weight is 286 g/mol. The fourth-order valence-corrected chi connectivity index (χ4v) is 2.63. The topological polar surface area (TPSA) is 26.3 Å². The summed E-state index contributed by atoms with van der Waals surface area (Å²) in [6.07, 6.45) is 13.7. The number of hydrogen-bond acceptors (Lipinski definition) is 3. The van der Waals surface area contributed by atoms with Crippen LogP contribution in [-0.2, 0) is 8.98 Å². The van der Waals surface area contributed by atoms with Gasteiger partial charge in [-0.3, -0.25) is 4.79 Å². The van der Waals surface area contributed by atoms with Gasteiger partial charge in [-0.2, -0.15) is 0 Å². The normalized spacial score (nSPS) is 12.1. The van der Waals surface area contributed by atoms with Crippen LogP contribution >= 0.6 is 12.0 Å². The molecule has 1 unspecified atom stereocenters. The van der Waals surface area contributed by atoms with Gasteiger partial charge in [-0.05, 0) is 25.7 Å². The summed E-state index contributed by atoms with van der Waals surface area (Å²) in [7, 11) is 0. The van der Waals surface area contributed by atoms with Crippen molar-refractivity contribution in [3.05, 3.63) is 12.7 Å². The van der Waals surface area contributed by atoms with E-state index < -0.39 is 0 Å². The summed E-state index contributed by atoms with van der Waals surface area (Å²) in [5, 5.41) is 0.469. The van der Waals surface area contributed by atoms with Crippen LogP contribution in [0.25, 0.3) is 0 Å². The van der Waals surface area contributed by atoms with E-state index in [2.05, 4.69) is 13.5 Å². The molecule has 0 bridgehead atoms. The molecule has 0 aliphatic rings. The highest BCUT2D eigenvalue weighted by Crippen LogP contribution is 2.22. The van der Waals surface area contributed by atoms with E-state index in [0.717, 1.165) is 19.3 Å². The first-order chi connectivity index (χ1) is 9.24. The molecule has 3 heteroatoms. The van der Waals surface area contributed by atoms with Crippen LogP contribution in [0, 0.1) is 0 Å². The molecule has 0 spiro atoms. The molecule has 0 fully saturated rings. The van der Waals surface area contributed by atoms with Crippen molar-refractivity contribution in [1.82, 2.24) is 0 Å². The lowest BCUT2D eigenvalue weighted by Gasteiger charge is -2.12. The average Bonchev–Trinajstić information content (AvgIpc) is 2.44. The number of carbonyl (C=O) groups is 1. The number of allylic oxidation sites excluding steroid dienone is 1. The Morgan fingerprint density at radius 3 is 2.37 bits per heavy atom. The molecule has 0 radical (unpaired) electrons. The molecule has 1 atom stereocenters. The van der Waals surface area contributed by atoms with Gasteiger partial charge in [0.05, 0.1) is 12.0 Å². The molecule has 0 rings (SSSR count). The van der Waals surface area contributed by atoms with Gasteiger partial charge in [0.1, 0.15) is 0 Å². The third kappa shape index (κ3) is 12.3. The molecule has 0 aromatic rings. The second-order valence-electron chi connectivity index (χ2n) is 4.92. The zero-order valence-corrected chi connectivity index (χ0v) is 13.5. The molecule has 0 saturated heterocycles. The maximum Gasteiger partial charge on any atom is 0.317 e. The summed E-state index contributed by atoms with van der Waals surface area (Å²) in [4.78, 5) is 11.1. The summed E-state index contributed by atoms with van der Waals surface area (Å²) in [6, 6.07) is 0. The third-order valence-corrected chi connectivity index (χ3v) is 4.33. The quantitative estimate of drug-likeness (QED) is 0.248. The van der Waals surface area contributed by atoms with Gasteiger partial charge in [-0.1, -0.05) is 52.0 Å². The van der Waals surface area contributed by atoms with Crippen molar-refractivity contribution >= 4 is 18.0 Å². The largest absolute Gasteiger partial charge is 0.391 e. The third-order valence-electron chi connectivity index (χ3n) is 3.21. The summed E-state index contributed by atoms with van der Waals surface area (Å²) in [5.41, 5.74) is 0. The molecule has 0 aromatic carbocycles. The lowest BCUT2D eigenvalue weighted by molar-refractivity contribution is -0.132. The first kappa shape index (κ1) is 18.6. The fourth-order valence-electron chi connectivity index (χ4n) is 1.87. The molecular formula is C16H30O2S. The maximum atomic E-state index is 11.1. The summed E-state index contributed by atoms with van der Waals surface area (Å²) in [6.45, 7) is 7.72. The number of rotatable bonds is 13. The highest BCUT2D eigenvalue weighted by atomic mass is 32.2. The maximum absolute atomic E-state index is 11.1. The SMILES string of the molecule is C=CCCCCCCCCC(CC)SOC(=O)CC. The van der Waals surface area contributed by atoms with E-state index in [-0.39, 0.29) is 5.97 Å². The Labute approximate surface area is 123 Å². The lowest BCUT2D eigenvalue weighted by Crippen LogP contribution is -2.05. The van der Waals surface area contributed by atoms with Gasteiger partial charge in [0.2, 0.25) is 0 Å². The van der Waals surface area contributed by atoms with E-state index in [9.17, 15) is 4.79 Å². The van der Waals surface area contributed by atoms with E-state index in [4.69, 9.17) is 4.18 Å². The van der Waals surface area contributed by atoms with Gasteiger partial charge in [-0.15, -0.1) is 6.58 Å². The van der Waals surface area contributed by atoms with Crippen molar-refractivity contribution in [1.29, 1.82) is 0 Å². The first-order valence-corrected chi connectivity index (χ1v) is 8.52. The monoisotopic (exact) mass is 286 g/mol. The summed E-state index contributed by atoms with van der Waals surface area (Å²) in [5.74, 6) is -0.106. The van der Waals surface area contributed by atoms with Crippen LogP contribution in [0.3, 0.4) is 0 Å². The minimum absolute atomic E-state index is 0.106. The Kier molecular flexibility index (Phi) is 13.7. The molecule has 0 amide bonds. The van der Waals surface area contributed by atoms with E-state index in [0.29, 0.717) is 11.7 Å². The molecule has 0 aromatic heterocycles. The fraction of sp³-hybridized carbons (Fsp3) is 0.812. The predicted molar refractivity (Wildman–Crippen MR) is 85.2 cm³/mol. The molecule has 0 saturated carbocycles. The standard InChI is InChI=1S/C16H30O2S/c1-4-7-8-9-10-11-12-13-14-15(5-2)19-18-16(17)6-3/h4,15H,1,5-14H2,2-3H3. The second kappa shape index (κ2) is 14.0. The molecule has 19 heavy (non-hydrogen) atoms. The van der Waals surface area contributed by atoms with E-state index >= 15 is 0 Å². The van der Waals surface area contributed by atoms with Crippen LogP contribution in [0.15, 0.2) is 12.7 Å². The van der Waals surface area contributed by atoms with Gasteiger partial charge in [0.25, 0.3) is 0 Å². The Morgan fingerprint density at radius 2 is 1.79 bits per heavy atom. The van der Waals surface area contributed by atoms with Crippen LogP contribution in [0.1, 0.15) is 78.1 Å². The van der Waals surface area contributed by atoms with Crippen LogP contribution in [0.5, 0.6) is 0 Å². The zero-order valence-electron chi connectivity index (χ0n) is 12.7. The van der Waals surface area contributed by atoms with Gasteiger partial charge in [0.15, 0.2) is 0 Å². The lowest BCUT2D eigenvalue weighted by atomic mass is 10.1. The minimum Gasteiger partial charge on any atom is -0.391 e. The zero-order chi connectivity index (χ0) is 14.3. The molecule has 0 N–H and O–H groups in total. The van der Waals surface area contributed by atoms with E-state index in [1.54, 1.807) is 0 Å². The summed E-state index contributed by atoms with van der Waals surface area (Å²) < 4.78 is 5.14. The van der Waals surface area contributed by atoms with Crippen molar-refractivity contribution in [2.75, 3.05) is 0 Å². The Hall–Kier alpha value is -0.440. The van der Waals surface area contributed by atoms with Crippen LogP contribution in [-0.4, -0.2) is 11.2 Å². The van der Waals surface area contributed by atoms with Crippen LogP contribution in [0.2, 0.25) is 0 Å². The van der Waals surface area contributed by atoms with E-state index in [1.165, 1.54) is 50.6 Å². The van der Waals surface area contributed by atoms with Crippen LogP contribution < -0.4 is 0 Å². The minimum atomic E-state index is -0.106. The van der Waals surface area contributed by atoms with Crippen molar-refractivity contribution in [2.24, 2.45) is 0 Å². The highest BCUT2D eigenvalue weighted by Gasteiger charge is 2.10. The van der Waals surface area contributed by atoms with Crippen molar-refractivity contribution in [2.45, 2.75) is 83.3 Å². The molecule has 0 heterocycles.